The topological polar surface area (TPSA) is 53.3 Å². The summed E-state index contributed by atoms with van der Waals surface area (Å²) in [5.74, 6) is 0.115. The smallest absolute Gasteiger partial charge is 0.218 e. The van der Waals surface area contributed by atoms with Gasteiger partial charge in [-0.2, -0.15) is 0 Å². The van der Waals surface area contributed by atoms with E-state index in [1.807, 2.05) is 37.3 Å². The van der Waals surface area contributed by atoms with E-state index in [0.717, 1.165) is 22.5 Å². The van der Waals surface area contributed by atoms with Crippen molar-refractivity contribution in [3.63, 3.8) is 0 Å². The summed E-state index contributed by atoms with van der Waals surface area (Å²) in [7, 11) is 0. The van der Waals surface area contributed by atoms with Crippen LogP contribution in [-0.4, -0.2) is 20.4 Å². The molecule has 2 aromatic rings. The number of benzene rings is 1. The zero-order valence-corrected chi connectivity index (χ0v) is 12.4. The number of nitrogens with one attached hydrogen (secondary N) is 1. The summed E-state index contributed by atoms with van der Waals surface area (Å²) < 4.78 is 2.07. The molecule has 0 saturated carbocycles. The number of rotatable bonds is 3. The normalized spacial score (nSPS) is 15.1. The van der Waals surface area contributed by atoms with Gasteiger partial charge in [0.15, 0.2) is 4.77 Å². The molecule has 1 aliphatic rings. The van der Waals surface area contributed by atoms with Gasteiger partial charge in [0.05, 0.1) is 5.69 Å². The molecule has 2 heterocycles. The van der Waals surface area contributed by atoms with Crippen molar-refractivity contribution in [2.75, 3.05) is 0 Å². The Hall–Kier alpha value is -2.40. The Morgan fingerprint density at radius 1 is 1.43 bits per heavy atom. The van der Waals surface area contributed by atoms with Crippen LogP contribution < -0.4 is 0 Å². The first-order valence-electron chi connectivity index (χ1n) is 6.61. The Morgan fingerprint density at radius 3 is 2.95 bits per heavy atom. The van der Waals surface area contributed by atoms with E-state index in [1.54, 1.807) is 10.6 Å². The number of para-hydroxylation sites is 1. The number of fused-ring (bicyclic) bond motifs is 1. The molecule has 2 N–H and O–H groups in total. The van der Waals surface area contributed by atoms with Crippen molar-refractivity contribution in [2.45, 2.75) is 13.5 Å². The largest absolute Gasteiger partial charge is 0.493 e. The highest BCUT2D eigenvalue weighted by atomic mass is 32.1. The molecule has 1 aromatic carbocycles. The third-order valence-electron chi connectivity index (χ3n) is 3.46. The first-order chi connectivity index (χ1) is 10.1. The zero-order chi connectivity index (χ0) is 15.0. The summed E-state index contributed by atoms with van der Waals surface area (Å²) >= 11 is 5.21. The molecule has 0 amide bonds. The molecule has 0 radical (unpaired) electrons. The molecule has 0 saturated heterocycles. The van der Waals surface area contributed by atoms with E-state index in [2.05, 4.69) is 16.6 Å². The fraction of sp³-hybridized carbons (Fsp3) is 0.125. The van der Waals surface area contributed by atoms with Crippen LogP contribution in [-0.2, 0) is 6.54 Å². The van der Waals surface area contributed by atoms with E-state index in [9.17, 15) is 5.11 Å². The Kier molecular flexibility index (Phi) is 3.35. The number of aromatic amines is 1. The highest BCUT2D eigenvalue weighted by molar-refractivity contribution is 7.71. The van der Waals surface area contributed by atoms with Crippen LogP contribution in [0.25, 0.3) is 11.6 Å². The second-order valence-corrected chi connectivity index (χ2v) is 5.23. The van der Waals surface area contributed by atoms with Gasteiger partial charge in [0.2, 0.25) is 5.88 Å². The van der Waals surface area contributed by atoms with Crippen LogP contribution in [0.1, 0.15) is 18.2 Å². The molecule has 0 spiro atoms. The van der Waals surface area contributed by atoms with Gasteiger partial charge in [-0.25, -0.2) is 0 Å². The van der Waals surface area contributed by atoms with Gasteiger partial charge in [0, 0.05) is 23.4 Å². The van der Waals surface area contributed by atoms with Crippen molar-refractivity contribution in [3.8, 4) is 5.88 Å². The highest BCUT2D eigenvalue weighted by Crippen LogP contribution is 2.36. The van der Waals surface area contributed by atoms with Crippen LogP contribution in [0.2, 0.25) is 0 Å². The summed E-state index contributed by atoms with van der Waals surface area (Å²) in [6.07, 6.45) is 3.58. The van der Waals surface area contributed by atoms with Gasteiger partial charge in [-0.05, 0) is 31.3 Å². The zero-order valence-electron chi connectivity index (χ0n) is 11.6. The van der Waals surface area contributed by atoms with Gasteiger partial charge < -0.3 is 10.1 Å². The molecular formula is C16H15N3OS. The van der Waals surface area contributed by atoms with Crippen LogP contribution in [0.3, 0.4) is 0 Å². The lowest BCUT2D eigenvalue weighted by Crippen LogP contribution is -1.93. The monoisotopic (exact) mass is 297 g/mol. The van der Waals surface area contributed by atoms with Crippen molar-refractivity contribution in [1.82, 2.24) is 9.55 Å². The van der Waals surface area contributed by atoms with E-state index in [0.29, 0.717) is 17.0 Å². The van der Waals surface area contributed by atoms with Crippen LogP contribution in [0.4, 0.5) is 5.69 Å². The number of imidazole rings is 1. The Labute approximate surface area is 127 Å². The predicted octanol–water partition coefficient (Wildman–Crippen LogP) is 4.08. The summed E-state index contributed by atoms with van der Waals surface area (Å²) in [5.41, 5.74) is 4.51. The molecule has 0 fully saturated rings. The lowest BCUT2D eigenvalue weighted by Gasteiger charge is -2.02. The van der Waals surface area contributed by atoms with Crippen molar-refractivity contribution in [1.29, 1.82) is 0 Å². The lowest BCUT2D eigenvalue weighted by atomic mass is 10.0. The summed E-state index contributed by atoms with van der Waals surface area (Å²) in [6.45, 7) is 6.09. The predicted molar refractivity (Wildman–Crippen MR) is 88.6 cm³/mol. The molecule has 1 aliphatic heterocycles. The van der Waals surface area contributed by atoms with Gasteiger partial charge in [-0.1, -0.05) is 24.3 Å². The Balaban J connectivity index is 2.12. The second-order valence-electron chi connectivity index (χ2n) is 4.84. The number of aliphatic imine (C=N–C) groups is 1. The highest BCUT2D eigenvalue weighted by Gasteiger charge is 2.18. The van der Waals surface area contributed by atoms with E-state index in [1.165, 1.54) is 0 Å². The molecule has 0 bridgehead atoms. The SMILES string of the molecule is C=CCn1c(O)c(/C=C2\C(C)=Nc3ccccc32)[nH]c1=S. The van der Waals surface area contributed by atoms with Gasteiger partial charge in [-0.15, -0.1) is 6.58 Å². The minimum atomic E-state index is 0.115. The molecule has 0 atom stereocenters. The lowest BCUT2D eigenvalue weighted by molar-refractivity contribution is 0.424. The minimum absolute atomic E-state index is 0.115. The number of aromatic hydroxyl groups is 1. The third kappa shape index (κ3) is 2.25. The molecular weight excluding hydrogens is 282 g/mol. The number of hydrogen-bond donors (Lipinski definition) is 2. The van der Waals surface area contributed by atoms with Crippen molar-refractivity contribution in [2.24, 2.45) is 4.99 Å². The average Bonchev–Trinajstić information content (AvgIpc) is 2.92. The first-order valence-corrected chi connectivity index (χ1v) is 7.02. The molecule has 106 valence electrons. The molecule has 4 nitrogen and oxygen atoms in total. The molecule has 0 unspecified atom stereocenters. The summed E-state index contributed by atoms with van der Waals surface area (Å²) in [4.78, 5) is 7.55. The number of H-pyrrole nitrogens is 1. The molecule has 5 heteroatoms. The molecule has 1 aromatic heterocycles. The number of hydrogen-bond acceptors (Lipinski definition) is 3. The van der Waals surface area contributed by atoms with Crippen LogP contribution in [0, 0.1) is 4.77 Å². The van der Waals surface area contributed by atoms with Crippen LogP contribution in [0.15, 0.2) is 41.9 Å². The van der Waals surface area contributed by atoms with Gasteiger partial charge in [-0.3, -0.25) is 9.56 Å². The van der Waals surface area contributed by atoms with Gasteiger partial charge in [0.1, 0.15) is 5.69 Å². The molecule has 0 aliphatic carbocycles. The van der Waals surface area contributed by atoms with Gasteiger partial charge in [0.25, 0.3) is 0 Å². The van der Waals surface area contributed by atoms with Crippen molar-refractivity contribution >= 4 is 35.3 Å². The van der Waals surface area contributed by atoms with Crippen molar-refractivity contribution in [3.05, 3.63) is 52.9 Å². The van der Waals surface area contributed by atoms with E-state index < -0.39 is 0 Å². The van der Waals surface area contributed by atoms with E-state index in [-0.39, 0.29) is 5.88 Å². The van der Waals surface area contributed by atoms with Crippen molar-refractivity contribution < 1.29 is 5.11 Å². The Bertz CT molecular complexity index is 839. The maximum atomic E-state index is 10.3. The van der Waals surface area contributed by atoms with Crippen LogP contribution >= 0.6 is 12.2 Å². The van der Waals surface area contributed by atoms with E-state index in [4.69, 9.17) is 12.2 Å². The standard InChI is InChI=1S/C16H15N3OS/c1-3-8-19-15(20)14(18-16(19)21)9-12-10(2)17-13-7-5-4-6-11(12)13/h3-7,9,20H,1,8H2,2H3,(H,18,21)/b12-9+. The maximum Gasteiger partial charge on any atom is 0.218 e. The number of nitrogens with zero attached hydrogens (tertiary/aromatic N) is 2. The Morgan fingerprint density at radius 2 is 2.19 bits per heavy atom. The number of aromatic nitrogens is 2. The fourth-order valence-electron chi connectivity index (χ4n) is 2.44. The minimum Gasteiger partial charge on any atom is -0.493 e. The fourth-order valence-corrected chi connectivity index (χ4v) is 2.71. The number of allylic oxidation sites excluding steroid dienone is 2. The second kappa shape index (κ2) is 5.18. The maximum absolute atomic E-state index is 10.3. The summed E-state index contributed by atoms with van der Waals surface area (Å²) in [5, 5.41) is 10.3. The van der Waals surface area contributed by atoms with E-state index >= 15 is 0 Å². The van der Waals surface area contributed by atoms with Crippen LogP contribution in [0.5, 0.6) is 5.88 Å². The quantitative estimate of drug-likeness (QED) is 0.662. The summed E-state index contributed by atoms with van der Waals surface area (Å²) in [6, 6.07) is 7.94. The molecule has 21 heavy (non-hydrogen) atoms. The third-order valence-corrected chi connectivity index (χ3v) is 3.78. The van der Waals surface area contributed by atoms with Gasteiger partial charge >= 0.3 is 0 Å². The molecule has 3 rings (SSSR count). The average molecular weight is 297 g/mol. The first kappa shape index (κ1) is 13.6.